The Labute approximate surface area is 111 Å². The van der Waals surface area contributed by atoms with Crippen LogP contribution in [0.3, 0.4) is 0 Å². The van der Waals surface area contributed by atoms with Crippen LogP contribution in [0.15, 0.2) is 18.2 Å². The molecule has 2 aliphatic heterocycles. The standard InChI is InChI=1S/C14H17NO4/c1-17-13(16)10-2-3-11-12(8-10)19-6-4-14(11)9-18-7-5-15-14/h2-3,8,15H,4-7,9H2,1H3/t14-/m1/s1. The van der Waals surface area contributed by atoms with Gasteiger partial charge in [0, 0.05) is 18.5 Å². The maximum atomic E-state index is 11.5. The van der Waals surface area contributed by atoms with Crippen molar-refractivity contribution in [2.75, 3.05) is 33.5 Å². The van der Waals surface area contributed by atoms with E-state index in [0.29, 0.717) is 18.8 Å². The quantitative estimate of drug-likeness (QED) is 0.768. The third kappa shape index (κ3) is 2.09. The molecule has 102 valence electrons. The highest BCUT2D eigenvalue weighted by Gasteiger charge is 2.39. The Morgan fingerprint density at radius 1 is 1.42 bits per heavy atom. The van der Waals surface area contributed by atoms with E-state index in [9.17, 15) is 4.79 Å². The summed E-state index contributed by atoms with van der Waals surface area (Å²) >= 11 is 0. The molecule has 1 spiro atoms. The SMILES string of the molecule is COC(=O)c1ccc2c(c1)OCC[C@@]21COCCN1. The monoisotopic (exact) mass is 263 g/mol. The molecule has 0 saturated carbocycles. The van der Waals surface area contributed by atoms with Crippen molar-refractivity contribution in [1.82, 2.24) is 5.32 Å². The van der Waals surface area contributed by atoms with E-state index in [-0.39, 0.29) is 11.5 Å². The first kappa shape index (κ1) is 12.4. The fraction of sp³-hybridized carbons (Fsp3) is 0.500. The number of ether oxygens (including phenoxy) is 3. The molecule has 0 aromatic heterocycles. The molecule has 2 heterocycles. The lowest BCUT2D eigenvalue weighted by molar-refractivity contribution is 0.00559. The molecule has 1 fully saturated rings. The smallest absolute Gasteiger partial charge is 0.337 e. The zero-order chi connectivity index (χ0) is 13.3. The number of morpholine rings is 1. The van der Waals surface area contributed by atoms with Crippen molar-refractivity contribution in [2.24, 2.45) is 0 Å². The van der Waals surface area contributed by atoms with E-state index in [4.69, 9.17) is 14.2 Å². The van der Waals surface area contributed by atoms with Gasteiger partial charge in [0.1, 0.15) is 5.75 Å². The Morgan fingerprint density at radius 2 is 2.32 bits per heavy atom. The van der Waals surface area contributed by atoms with Gasteiger partial charge in [-0.15, -0.1) is 0 Å². The average molecular weight is 263 g/mol. The molecule has 0 unspecified atom stereocenters. The molecule has 19 heavy (non-hydrogen) atoms. The van der Waals surface area contributed by atoms with Crippen LogP contribution in [0, 0.1) is 0 Å². The first-order valence-electron chi connectivity index (χ1n) is 6.44. The Bertz CT molecular complexity index is 494. The summed E-state index contributed by atoms with van der Waals surface area (Å²) in [5.41, 5.74) is 1.39. The maximum Gasteiger partial charge on any atom is 0.337 e. The summed E-state index contributed by atoms with van der Waals surface area (Å²) in [4.78, 5) is 11.5. The predicted molar refractivity (Wildman–Crippen MR) is 68.4 cm³/mol. The molecule has 0 aliphatic carbocycles. The Kier molecular flexibility index (Phi) is 3.16. The number of benzene rings is 1. The number of carbonyl (C=O) groups is 1. The number of carbonyl (C=O) groups excluding carboxylic acids is 1. The van der Waals surface area contributed by atoms with Gasteiger partial charge in [-0.2, -0.15) is 0 Å². The summed E-state index contributed by atoms with van der Waals surface area (Å²) in [5, 5.41) is 3.53. The van der Waals surface area contributed by atoms with Crippen LogP contribution in [-0.2, 0) is 15.0 Å². The molecule has 1 atom stereocenters. The van der Waals surface area contributed by atoms with Gasteiger partial charge in [-0.1, -0.05) is 6.07 Å². The number of rotatable bonds is 1. The highest BCUT2D eigenvalue weighted by Crippen LogP contribution is 2.38. The summed E-state index contributed by atoms with van der Waals surface area (Å²) in [6.45, 7) is 2.82. The van der Waals surface area contributed by atoms with Crippen molar-refractivity contribution in [2.45, 2.75) is 12.0 Å². The van der Waals surface area contributed by atoms with E-state index < -0.39 is 0 Å². The molecular formula is C14H17NO4. The topological polar surface area (TPSA) is 56.8 Å². The van der Waals surface area contributed by atoms with Gasteiger partial charge in [-0.25, -0.2) is 4.79 Å². The number of nitrogens with one attached hydrogen (secondary N) is 1. The zero-order valence-corrected chi connectivity index (χ0v) is 10.9. The molecule has 0 bridgehead atoms. The van der Waals surface area contributed by atoms with Gasteiger partial charge in [0.25, 0.3) is 0 Å². The van der Waals surface area contributed by atoms with Gasteiger partial charge in [-0.3, -0.25) is 0 Å². The van der Waals surface area contributed by atoms with Crippen LogP contribution in [0.2, 0.25) is 0 Å². The molecule has 1 aromatic carbocycles. The molecule has 0 amide bonds. The molecule has 2 aliphatic rings. The van der Waals surface area contributed by atoms with Crippen molar-refractivity contribution in [3.05, 3.63) is 29.3 Å². The summed E-state index contributed by atoms with van der Waals surface area (Å²) < 4.78 is 16.0. The maximum absolute atomic E-state index is 11.5. The molecule has 1 saturated heterocycles. The number of fused-ring (bicyclic) bond motifs is 2. The molecule has 1 N–H and O–H groups in total. The summed E-state index contributed by atoms with van der Waals surface area (Å²) in [7, 11) is 1.38. The van der Waals surface area contributed by atoms with E-state index in [1.807, 2.05) is 6.07 Å². The normalized spacial score (nSPS) is 25.5. The van der Waals surface area contributed by atoms with E-state index in [0.717, 1.165) is 30.9 Å². The molecule has 5 heteroatoms. The summed E-state index contributed by atoms with van der Waals surface area (Å²) in [6.07, 6.45) is 0.873. The second-order valence-corrected chi connectivity index (χ2v) is 4.86. The second-order valence-electron chi connectivity index (χ2n) is 4.86. The number of esters is 1. The van der Waals surface area contributed by atoms with Crippen molar-refractivity contribution in [3.8, 4) is 5.75 Å². The van der Waals surface area contributed by atoms with Gasteiger partial charge < -0.3 is 19.5 Å². The third-order valence-electron chi connectivity index (χ3n) is 3.76. The first-order valence-corrected chi connectivity index (χ1v) is 6.44. The lowest BCUT2D eigenvalue weighted by Crippen LogP contribution is -2.54. The average Bonchev–Trinajstić information content (AvgIpc) is 2.47. The molecule has 3 rings (SSSR count). The molecular weight excluding hydrogens is 246 g/mol. The number of hydrogen-bond acceptors (Lipinski definition) is 5. The van der Waals surface area contributed by atoms with Crippen LogP contribution in [0.25, 0.3) is 0 Å². The summed E-state index contributed by atoms with van der Waals surface area (Å²) in [6, 6.07) is 5.46. The molecule has 5 nitrogen and oxygen atoms in total. The second kappa shape index (κ2) is 4.83. The highest BCUT2D eigenvalue weighted by molar-refractivity contribution is 5.90. The van der Waals surface area contributed by atoms with E-state index in [1.54, 1.807) is 12.1 Å². The number of methoxy groups -OCH3 is 1. The van der Waals surface area contributed by atoms with E-state index >= 15 is 0 Å². The van der Waals surface area contributed by atoms with E-state index in [1.165, 1.54) is 7.11 Å². The minimum absolute atomic E-state index is 0.180. The van der Waals surface area contributed by atoms with Crippen molar-refractivity contribution in [1.29, 1.82) is 0 Å². The van der Waals surface area contributed by atoms with Crippen LogP contribution in [0.1, 0.15) is 22.3 Å². The third-order valence-corrected chi connectivity index (χ3v) is 3.76. The lowest BCUT2D eigenvalue weighted by Gasteiger charge is -2.42. The zero-order valence-electron chi connectivity index (χ0n) is 10.9. The highest BCUT2D eigenvalue weighted by atomic mass is 16.5. The lowest BCUT2D eigenvalue weighted by atomic mass is 9.84. The molecule has 1 aromatic rings. The van der Waals surface area contributed by atoms with Crippen molar-refractivity contribution < 1.29 is 19.0 Å². The molecule has 0 radical (unpaired) electrons. The van der Waals surface area contributed by atoms with E-state index in [2.05, 4.69) is 5.32 Å². The minimum atomic E-state index is -0.348. The largest absolute Gasteiger partial charge is 0.493 e. The van der Waals surface area contributed by atoms with Crippen LogP contribution >= 0.6 is 0 Å². The van der Waals surface area contributed by atoms with Gasteiger partial charge in [0.15, 0.2) is 0 Å². The first-order chi connectivity index (χ1) is 9.25. The fourth-order valence-electron chi connectivity index (χ4n) is 2.75. The van der Waals surface area contributed by atoms with Crippen molar-refractivity contribution >= 4 is 5.97 Å². The van der Waals surface area contributed by atoms with Crippen LogP contribution in [0.5, 0.6) is 5.75 Å². The van der Waals surface area contributed by atoms with Gasteiger partial charge in [-0.05, 0) is 12.1 Å². The van der Waals surface area contributed by atoms with Crippen LogP contribution in [-0.4, -0.2) is 39.4 Å². The Balaban J connectivity index is 1.99. The van der Waals surface area contributed by atoms with Gasteiger partial charge in [0.05, 0.1) is 38.0 Å². The Hall–Kier alpha value is -1.59. The van der Waals surface area contributed by atoms with Crippen molar-refractivity contribution in [3.63, 3.8) is 0 Å². The predicted octanol–water partition coefficient (Wildman–Crippen LogP) is 1.07. The van der Waals surface area contributed by atoms with Crippen LogP contribution in [0.4, 0.5) is 0 Å². The summed E-state index contributed by atoms with van der Waals surface area (Å²) in [5.74, 6) is 0.394. The Morgan fingerprint density at radius 3 is 3.05 bits per heavy atom. The van der Waals surface area contributed by atoms with Gasteiger partial charge >= 0.3 is 5.97 Å². The fourth-order valence-corrected chi connectivity index (χ4v) is 2.75. The number of hydrogen-bond donors (Lipinski definition) is 1. The minimum Gasteiger partial charge on any atom is -0.493 e. The van der Waals surface area contributed by atoms with Crippen LogP contribution < -0.4 is 10.1 Å². The van der Waals surface area contributed by atoms with Gasteiger partial charge in [0.2, 0.25) is 0 Å².